The van der Waals surface area contributed by atoms with Gasteiger partial charge in [0, 0.05) is 11.1 Å². The maximum atomic E-state index is 8.87. The summed E-state index contributed by atoms with van der Waals surface area (Å²) in [5.74, 6) is 0.283. The molecule has 0 fully saturated rings. The number of hydrogen-bond donors (Lipinski definition) is 2. The summed E-state index contributed by atoms with van der Waals surface area (Å²) in [5.41, 5.74) is 5.96. The number of aryl methyl sites for hydroxylation is 1. The van der Waals surface area contributed by atoms with E-state index < -0.39 is 0 Å². The third-order valence-corrected chi connectivity index (χ3v) is 3.63. The molecule has 0 aliphatic carbocycles. The fraction of sp³-hybridized carbons (Fsp3) is 0.222. The molecule has 5 nitrogen and oxygen atoms in total. The number of nitriles is 1. The van der Waals surface area contributed by atoms with E-state index in [0.717, 1.165) is 5.01 Å². The number of rotatable bonds is 3. The molecule has 2 rings (SSSR count). The molecule has 82 valence electrons. The van der Waals surface area contributed by atoms with E-state index in [1.54, 1.807) is 11.3 Å². The molecule has 2 aromatic rings. The third kappa shape index (κ3) is 2.13. The molecule has 2 aromatic heterocycles. The van der Waals surface area contributed by atoms with Crippen LogP contribution in [-0.4, -0.2) is 9.36 Å². The molecular weight excluding hydrogens is 242 g/mol. The molecule has 7 heteroatoms. The van der Waals surface area contributed by atoms with Crippen molar-refractivity contribution in [1.29, 1.82) is 5.26 Å². The van der Waals surface area contributed by atoms with Gasteiger partial charge in [0.05, 0.1) is 6.54 Å². The first-order valence-electron chi connectivity index (χ1n) is 4.51. The molecule has 0 saturated heterocycles. The predicted octanol–water partition coefficient (Wildman–Crippen LogP) is 1.97. The topological polar surface area (TPSA) is 87.6 Å². The van der Waals surface area contributed by atoms with E-state index in [1.807, 2.05) is 19.2 Å². The molecule has 0 spiro atoms. The van der Waals surface area contributed by atoms with E-state index in [-0.39, 0.29) is 5.82 Å². The fourth-order valence-corrected chi connectivity index (χ4v) is 2.56. The number of nitrogens with two attached hydrogens (primary N) is 1. The summed E-state index contributed by atoms with van der Waals surface area (Å²) >= 11 is 2.82. The van der Waals surface area contributed by atoms with Crippen LogP contribution in [0.25, 0.3) is 0 Å². The molecule has 3 N–H and O–H groups in total. The molecule has 0 amide bonds. The maximum absolute atomic E-state index is 8.87. The second kappa shape index (κ2) is 4.47. The first-order valence-corrected chi connectivity index (χ1v) is 6.10. The quantitative estimate of drug-likeness (QED) is 0.870. The summed E-state index contributed by atoms with van der Waals surface area (Å²) in [4.78, 5) is 5.39. The molecule has 0 saturated carbocycles. The van der Waals surface area contributed by atoms with E-state index in [9.17, 15) is 0 Å². The number of anilines is 2. The van der Waals surface area contributed by atoms with Crippen LogP contribution in [0.5, 0.6) is 0 Å². The predicted molar refractivity (Wildman–Crippen MR) is 65.4 cm³/mol. The van der Waals surface area contributed by atoms with Crippen LogP contribution in [0.1, 0.15) is 15.4 Å². The van der Waals surface area contributed by atoms with Gasteiger partial charge in [-0.15, -0.1) is 11.3 Å². The monoisotopic (exact) mass is 251 g/mol. The Balaban J connectivity index is 2.08. The number of aromatic nitrogens is 2. The van der Waals surface area contributed by atoms with Gasteiger partial charge >= 0.3 is 0 Å². The number of thiazole rings is 1. The van der Waals surface area contributed by atoms with Crippen molar-refractivity contribution in [2.45, 2.75) is 13.5 Å². The SMILES string of the molecule is Cc1cnc(CNc2snc(N)c2C#N)s1. The highest BCUT2D eigenvalue weighted by molar-refractivity contribution is 7.11. The van der Waals surface area contributed by atoms with Crippen LogP contribution in [-0.2, 0) is 6.54 Å². The van der Waals surface area contributed by atoms with Gasteiger partial charge in [-0.1, -0.05) is 0 Å². The highest BCUT2D eigenvalue weighted by Gasteiger charge is 2.10. The molecule has 0 atom stereocenters. The zero-order chi connectivity index (χ0) is 11.5. The molecule has 0 radical (unpaired) electrons. The van der Waals surface area contributed by atoms with Crippen LogP contribution in [0, 0.1) is 18.3 Å². The summed E-state index contributed by atoms with van der Waals surface area (Å²) in [6, 6.07) is 2.03. The van der Waals surface area contributed by atoms with Crippen LogP contribution in [0.3, 0.4) is 0 Å². The Bertz CT molecular complexity index is 536. The van der Waals surface area contributed by atoms with Crippen LogP contribution in [0.2, 0.25) is 0 Å². The number of nitrogen functional groups attached to an aromatic ring is 1. The van der Waals surface area contributed by atoms with Crippen LogP contribution in [0.4, 0.5) is 10.8 Å². The lowest BCUT2D eigenvalue weighted by molar-refractivity contribution is 1.11. The highest BCUT2D eigenvalue weighted by Crippen LogP contribution is 2.26. The normalized spacial score (nSPS) is 10.0. The minimum Gasteiger partial charge on any atom is -0.382 e. The second-order valence-electron chi connectivity index (χ2n) is 3.10. The Morgan fingerprint density at radius 3 is 3.06 bits per heavy atom. The van der Waals surface area contributed by atoms with E-state index >= 15 is 0 Å². The molecule has 2 heterocycles. The van der Waals surface area contributed by atoms with Crippen molar-refractivity contribution in [3.63, 3.8) is 0 Å². The van der Waals surface area contributed by atoms with Crippen molar-refractivity contribution in [3.05, 3.63) is 21.6 Å². The minimum absolute atomic E-state index is 0.283. The lowest BCUT2D eigenvalue weighted by atomic mass is 10.3. The molecule has 0 aliphatic heterocycles. The molecule has 16 heavy (non-hydrogen) atoms. The molecule has 0 aliphatic rings. The molecule has 0 aromatic carbocycles. The Hall–Kier alpha value is -1.65. The van der Waals surface area contributed by atoms with Crippen LogP contribution < -0.4 is 11.1 Å². The number of nitrogens with one attached hydrogen (secondary N) is 1. The lowest BCUT2D eigenvalue weighted by Gasteiger charge is -1.99. The summed E-state index contributed by atoms with van der Waals surface area (Å²) < 4.78 is 3.92. The maximum Gasteiger partial charge on any atom is 0.157 e. The van der Waals surface area contributed by atoms with Crippen molar-refractivity contribution in [1.82, 2.24) is 9.36 Å². The number of nitrogens with zero attached hydrogens (tertiary/aromatic N) is 3. The first kappa shape index (κ1) is 10.9. The van der Waals surface area contributed by atoms with Gasteiger partial charge in [0.25, 0.3) is 0 Å². The van der Waals surface area contributed by atoms with Crippen molar-refractivity contribution in [3.8, 4) is 6.07 Å². The average Bonchev–Trinajstić information content (AvgIpc) is 2.82. The summed E-state index contributed by atoms with van der Waals surface area (Å²) in [6.45, 7) is 2.60. The van der Waals surface area contributed by atoms with Gasteiger partial charge < -0.3 is 11.1 Å². The van der Waals surface area contributed by atoms with Crippen molar-refractivity contribution >= 4 is 33.7 Å². The zero-order valence-corrected chi connectivity index (χ0v) is 10.2. The van der Waals surface area contributed by atoms with Crippen molar-refractivity contribution in [2.24, 2.45) is 0 Å². The summed E-state index contributed by atoms with van der Waals surface area (Å²) in [5, 5.41) is 13.7. The van der Waals surface area contributed by atoms with E-state index in [2.05, 4.69) is 14.7 Å². The summed E-state index contributed by atoms with van der Waals surface area (Å²) in [7, 11) is 0. The lowest BCUT2D eigenvalue weighted by Crippen LogP contribution is -1.98. The van der Waals surface area contributed by atoms with Gasteiger partial charge in [0.2, 0.25) is 0 Å². The molecule has 0 unspecified atom stereocenters. The molecule has 0 bridgehead atoms. The van der Waals surface area contributed by atoms with E-state index in [0.29, 0.717) is 17.1 Å². The average molecular weight is 251 g/mol. The zero-order valence-electron chi connectivity index (χ0n) is 8.52. The minimum atomic E-state index is 0.283. The van der Waals surface area contributed by atoms with Gasteiger partial charge in [-0.25, -0.2) is 4.98 Å². The highest BCUT2D eigenvalue weighted by atomic mass is 32.1. The van der Waals surface area contributed by atoms with Crippen molar-refractivity contribution in [2.75, 3.05) is 11.1 Å². The standard InChI is InChI=1S/C9H9N5S2/c1-5-3-12-7(15-5)4-13-9-6(2-10)8(11)14-16-9/h3,13H,4H2,1H3,(H2,11,14). The second-order valence-corrected chi connectivity index (χ2v) is 5.19. The van der Waals surface area contributed by atoms with Gasteiger partial charge in [-0.05, 0) is 18.5 Å². The smallest absolute Gasteiger partial charge is 0.157 e. The number of hydrogen-bond acceptors (Lipinski definition) is 7. The fourth-order valence-electron chi connectivity index (χ4n) is 1.17. The van der Waals surface area contributed by atoms with E-state index in [4.69, 9.17) is 11.0 Å². The van der Waals surface area contributed by atoms with Crippen LogP contribution >= 0.6 is 22.9 Å². The van der Waals surface area contributed by atoms with Crippen LogP contribution in [0.15, 0.2) is 6.20 Å². The summed E-state index contributed by atoms with van der Waals surface area (Å²) in [6.07, 6.45) is 1.83. The van der Waals surface area contributed by atoms with Gasteiger partial charge in [-0.2, -0.15) is 9.64 Å². The third-order valence-electron chi connectivity index (χ3n) is 1.90. The van der Waals surface area contributed by atoms with E-state index in [1.165, 1.54) is 16.4 Å². The largest absolute Gasteiger partial charge is 0.382 e. The Labute approximate surface area is 101 Å². The van der Waals surface area contributed by atoms with Gasteiger partial charge in [0.1, 0.15) is 21.6 Å². The Kier molecular flexibility index (Phi) is 3.03. The Morgan fingerprint density at radius 1 is 1.62 bits per heavy atom. The molecular formula is C9H9N5S2. The first-order chi connectivity index (χ1) is 7.70. The van der Waals surface area contributed by atoms with Gasteiger partial charge in [-0.3, -0.25) is 0 Å². The van der Waals surface area contributed by atoms with Crippen molar-refractivity contribution < 1.29 is 0 Å². The van der Waals surface area contributed by atoms with Gasteiger partial charge in [0.15, 0.2) is 5.82 Å². The Morgan fingerprint density at radius 2 is 2.44 bits per heavy atom.